The van der Waals surface area contributed by atoms with Crippen LogP contribution in [0.4, 0.5) is 0 Å². The zero-order valence-corrected chi connectivity index (χ0v) is 37.6. The second-order valence-electron chi connectivity index (χ2n) is 15.3. The van der Waals surface area contributed by atoms with Crippen LogP contribution in [-0.4, -0.2) is 49.8 Å². The minimum absolute atomic E-state index is 0.278. The maximum atomic E-state index is 12.9. The first-order valence-electron chi connectivity index (χ1n) is 20.0. The molecule has 0 N–H and O–H groups in total. The van der Waals surface area contributed by atoms with Crippen molar-refractivity contribution in [3.8, 4) is 17.2 Å². The molecule has 0 heterocycles. The highest BCUT2D eigenvalue weighted by atomic mass is 33.4. The van der Waals surface area contributed by atoms with Gasteiger partial charge in [0.1, 0.15) is 17.2 Å². The van der Waals surface area contributed by atoms with Crippen molar-refractivity contribution in [2.75, 3.05) is 19.6 Å². The molecule has 0 saturated heterocycles. The Bertz CT molecular complexity index is 1580. The lowest BCUT2D eigenvalue weighted by Gasteiger charge is -2.22. The second-order valence-corrected chi connectivity index (χ2v) is 28.2. The lowest BCUT2D eigenvalue weighted by molar-refractivity contribution is 0.252. The maximum absolute atomic E-state index is 12.9. The van der Waals surface area contributed by atoms with E-state index in [1.165, 1.54) is 169 Å². The Hall–Kier alpha value is -2.70. The van der Waals surface area contributed by atoms with Gasteiger partial charge in [0.25, 0.3) is 0 Å². The Balaban J connectivity index is 0.000000398. The molecular formula is C42H66NO9PS3. The molecule has 3 rings (SSSR count). The molecule has 0 aliphatic rings. The standard InChI is InChI=1S/C24H51N.C18H15O9PS3/c1-22(2)16-10-7-13-19-25(20-14-8-11-17-23(3)4)21-15-9-12-18-24(5)6;19-29(20,25-16-10-4-1-5-11-16)28(30(21,22)26-17-12-6-2-7-13-17)31(23,24)27-18-14-8-3-9-15-18/h22-24H,7-21H2,1-6H3;1-15H. The predicted molar refractivity (Wildman–Crippen MR) is 231 cm³/mol. The van der Waals surface area contributed by atoms with Gasteiger partial charge in [-0.05, 0) is 93.0 Å². The lowest BCUT2D eigenvalue weighted by atomic mass is 10.0. The predicted octanol–water partition coefficient (Wildman–Crippen LogP) is 11.4. The Morgan fingerprint density at radius 2 is 0.661 bits per heavy atom. The minimum Gasteiger partial charge on any atom is -0.378 e. The Morgan fingerprint density at radius 3 is 0.893 bits per heavy atom. The van der Waals surface area contributed by atoms with Gasteiger partial charge in [-0.15, -0.1) is 0 Å². The molecule has 0 aliphatic carbocycles. The summed E-state index contributed by atoms with van der Waals surface area (Å²) >= 11 is 0. The van der Waals surface area contributed by atoms with Crippen molar-refractivity contribution < 1.29 is 37.8 Å². The van der Waals surface area contributed by atoms with Gasteiger partial charge < -0.3 is 17.4 Å². The van der Waals surface area contributed by atoms with Crippen LogP contribution in [0.3, 0.4) is 0 Å². The molecule has 3 aromatic rings. The monoisotopic (exact) mass is 855 g/mol. The zero-order valence-electron chi connectivity index (χ0n) is 34.3. The number of para-hydroxylation sites is 3. The second kappa shape index (κ2) is 26.3. The quantitative estimate of drug-likeness (QED) is 0.0539. The zero-order chi connectivity index (χ0) is 41.5. The van der Waals surface area contributed by atoms with E-state index in [0.717, 1.165) is 17.8 Å². The van der Waals surface area contributed by atoms with Crippen LogP contribution in [-0.2, 0) is 29.2 Å². The van der Waals surface area contributed by atoms with Gasteiger partial charge in [-0.2, -0.15) is 25.3 Å². The molecule has 3 aromatic carbocycles. The molecule has 0 saturated carbocycles. The molecule has 316 valence electrons. The highest BCUT2D eigenvalue weighted by molar-refractivity contribution is 9.04. The van der Waals surface area contributed by atoms with E-state index < -0.39 is 34.7 Å². The summed E-state index contributed by atoms with van der Waals surface area (Å²) in [5.41, 5.74) is -4.11. The number of benzene rings is 3. The first kappa shape index (κ1) is 49.4. The molecule has 0 spiro atoms. The number of unbranched alkanes of at least 4 members (excludes halogenated alkanes) is 6. The van der Waals surface area contributed by atoms with Crippen molar-refractivity contribution in [1.82, 2.24) is 4.90 Å². The fraction of sp³-hybridized carbons (Fsp3) is 0.571. The number of nitrogens with zero attached hydrogens (tertiary/aromatic N) is 1. The molecule has 0 unspecified atom stereocenters. The topological polar surface area (TPSA) is 133 Å². The average molecular weight is 856 g/mol. The fourth-order valence-corrected chi connectivity index (χ4v) is 18.7. The molecule has 0 amide bonds. The van der Waals surface area contributed by atoms with Crippen LogP contribution in [0.1, 0.15) is 119 Å². The number of hydrogen-bond acceptors (Lipinski definition) is 10. The molecule has 10 nitrogen and oxygen atoms in total. The van der Waals surface area contributed by atoms with Gasteiger partial charge in [0.05, 0.1) is 0 Å². The summed E-state index contributed by atoms with van der Waals surface area (Å²) in [7, 11) is -15.9. The minimum atomic E-state index is -5.29. The first-order chi connectivity index (χ1) is 26.5. The van der Waals surface area contributed by atoms with Crippen molar-refractivity contribution >= 4 is 34.7 Å². The summed E-state index contributed by atoms with van der Waals surface area (Å²) in [4.78, 5) is 2.78. The molecule has 0 bridgehead atoms. The third kappa shape index (κ3) is 21.2. The van der Waals surface area contributed by atoms with Gasteiger partial charge in [0.15, 0.2) is 0 Å². The molecule has 0 radical (unpaired) electrons. The Morgan fingerprint density at radius 1 is 0.411 bits per heavy atom. The summed E-state index contributed by atoms with van der Waals surface area (Å²) in [6.07, 6.45) is 17.0. The van der Waals surface area contributed by atoms with Crippen LogP contribution < -0.4 is 12.5 Å². The van der Waals surface area contributed by atoms with Crippen LogP contribution >= 0.6 is 5.53 Å². The van der Waals surface area contributed by atoms with Crippen LogP contribution in [0.25, 0.3) is 0 Å². The van der Waals surface area contributed by atoms with Crippen molar-refractivity contribution in [3.63, 3.8) is 0 Å². The third-order valence-electron chi connectivity index (χ3n) is 8.65. The van der Waals surface area contributed by atoms with Crippen molar-refractivity contribution in [3.05, 3.63) is 91.0 Å². The third-order valence-corrected chi connectivity index (χ3v) is 24.8. The van der Waals surface area contributed by atoms with Gasteiger partial charge in [-0.1, -0.05) is 154 Å². The highest BCUT2D eigenvalue weighted by Crippen LogP contribution is 2.57. The molecule has 0 fully saturated rings. The van der Waals surface area contributed by atoms with Gasteiger partial charge in [0.2, 0.25) is 0 Å². The van der Waals surface area contributed by atoms with Gasteiger partial charge in [-0.3, -0.25) is 0 Å². The lowest BCUT2D eigenvalue weighted by Crippen LogP contribution is -2.27. The maximum Gasteiger partial charge on any atom is 0.389 e. The van der Waals surface area contributed by atoms with E-state index in [-0.39, 0.29) is 17.2 Å². The van der Waals surface area contributed by atoms with Crippen LogP contribution in [0.2, 0.25) is 0 Å². The number of hydrogen-bond donors (Lipinski definition) is 0. The largest absolute Gasteiger partial charge is 0.389 e. The van der Waals surface area contributed by atoms with E-state index in [1.807, 2.05) is 0 Å². The van der Waals surface area contributed by atoms with Gasteiger partial charge >= 0.3 is 34.7 Å². The molecule has 56 heavy (non-hydrogen) atoms. The molecule has 0 aromatic heterocycles. The van der Waals surface area contributed by atoms with Crippen molar-refractivity contribution in [2.45, 2.75) is 119 Å². The first-order valence-corrected chi connectivity index (χ1v) is 27.4. The van der Waals surface area contributed by atoms with Crippen molar-refractivity contribution in [2.24, 2.45) is 17.8 Å². The van der Waals surface area contributed by atoms with Gasteiger partial charge in [0, 0.05) is 0 Å². The normalized spacial score (nSPS) is 12.3. The average Bonchev–Trinajstić information content (AvgIpc) is 3.11. The summed E-state index contributed by atoms with van der Waals surface area (Å²) < 4.78 is 91.6. The highest BCUT2D eigenvalue weighted by Gasteiger charge is 2.55. The van der Waals surface area contributed by atoms with E-state index in [1.54, 1.807) is 18.2 Å². The molecule has 14 heteroatoms. The summed E-state index contributed by atoms with van der Waals surface area (Å²) in [5, 5.41) is 0. The van der Waals surface area contributed by atoms with E-state index in [2.05, 4.69) is 46.4 Å². The van der Waals surface area contributed by atoms with Crippen molar-refractivity contribution in [1.29, 1.82) is 0 Å². The molecule has 0 atom stereocenters. The summed E-state index contributed by atoms with van der Waals surface area (Å²) in [6, 6.07) is 20.6. The SMILES string of the molecule is CC(C)CCCCCN(CCCCCC(C)C)CCCCCC(C)C.O=S(=O)(Oc1ccccc1)P(S(=O)(=O)Oc1ccccc1)S(=O)(=O)Oc1ccccc1. The van der Waals surface area contributed by atoms with Crippen LogP contribution in [0.5, 0.6) is 17.2 Å². The summed E-state index contributed by atoms with van der Waals surface area (Å²) in [5.74, 6) is 1.79. The van der Waals surface area contributed by atoms with E-state index in [0.29, 0.717) is 0 Å². The Kier molecular flexibility index (Phi) is 23.2. The summed E-state index contributed by atoms with van der Waals surface area (Å²) in [6.45, 7) is 18.1. The fourth-order valence-electron chi connectivity index (χ4n) is 5.75. The molecule has 0 aliphatic heterocycles. The Labute approximate surface area is 340 Å². The van der Waals surface area contributed by atoms with E-state index in [4.69, 9.17) is 12.5 Å². The smallest absolute Gasteiger partial charge is 0.378 e. The van der Waals surface area contributed by atoms with E-state index >= 15 is 0 Å². The number of rotatable bonds is 27. The van der Waals surface area contributed by atoms with E-state index in [9.17, 15) is 25.3 Å². The van der Waals surface area contributed by atoms with Gasteiger partial charge in [-0.25, -0.2) is 0 Å². The van der Waals surface area contributed by atoms with Crippen LogP contribution in [0, 0.1) is 17.8 Å². The van der Waals surface area contributed by atoms with Crippen LogP contribution in [0.15, 0.2) is 91.0 Å². The molecular weight excluding hydrogens is 790 g/mol.